The summed E-state index contributed by atoms with van der Waals surface area (Å²) < 4.78 is 0. The highest BCUT2D eigenvalue weighted by molar-refractivity contribution is 5.96. The molecule has 0 radical (unpaired) electrons. The van der Waals surface area contributed by atoms with Crippen LogP contribution in [0.2, 0.25) is 0 Å². The zero-order chi connectivity index (χ0) is 13.7. The van der Waals surface area contributed by atoms with Crippen molar-refractivity contribution in [3.8, 4) is 6.07 Å². The van der Waals surface area contributed by atoms with Crippen LogP contribution in [0, 0.1) is 11.3 Å². The lowest BCUT2D eigenvalue weighted by Crippen LogP contribution is -2.27. The monoisotopic (exact) mass is 257 g/mol. The average Bonchev–Trinajstić information content (AvgIpc) is 2.93. The molecule has 0 atom stereocenters. The largest absolute Gasteiger partial charge is 0.339 e. The number of anilines is 1. The molecular formula is C14H15N3O2. The van der Waals surface area contributed by atoms with E-state index in [1.165, 1.54) is 0 Å². The fourth-order valence-electron chi connectivity index (χ4n) is 2.08. The van der Waals surface area contributed by atoms with Crippen molar-refractivity contribution in [1.29, 1.82) is 5.26 Å². The quantitative estimate of drug-likeness (QED) is 0.896. The van der Waals surface area contributed by atoms with Crippen LogP contribution in [-0.4, -0.2) is 29.8 Å². The van der Waals surface area contributed by atoms with Crippen LogP contribution >= 0.6 is 0 Å². The Morgan fingerprint density at radius 1 is 1.21 bits per heavy atom. The number of benzene rings is 1. The van der Waals surface area contributed by atoms with E-state index in [9.17, 15) is 9.59 Å². The van der Waals surface area contributed by atoms with Crippen LogP contribution in [0.3, 0.4) is 0 Å². The topological polar surface area (TPSA) is 73.2 Å². The van der Waals surface area contributed by atoms with Gasteiger partial charge in [0.25, 0.3) is 5.91 Å². The molecule has 2 rings (SSSR count). The Morgan fingerprint density at radius 3 is 2.42 bits per heavy atom. The maximum Gasteiger partial charge on any atom is 0.253 e. The molecule has 2 amide bonds. The Balaban J connectivity index is 2.00. The minimum absolute atomic E-state index is 0.0346. The van der Waals surface area contributed by atoms with Crippen LogP contribution in [0.4, 0.5) is 5.69 Å². The Hall–Kier alpha value is -2.35. The van der Waals surface area contributed by atoms with Crippen molar-refractivity contribution in [3.63, 3.8) is 0 Å². The van der Waals surface area contributed by atoms with E-state index in [4.69, 9.17) is 5.26 Å². The molecule has 5 nitrogen and oxygen atoms in total. The number of nitrogens with one attached hydrogen (secondary N) is 1. The molecule has 1 aromatic rings. The van der Waals surface area contributed by atoms with E-state index in [2.05, 4.69) is 5.32 Å². The van der Waals surface area contributed by atoms with E-state index in [0.29, 0.717) is 11.3 Å². The normalized spacial score (nSPS) is 13.9. The summed E-state index contributed by atoms with van der Waals surface area (Å²) >= 11 is 0. The molecule has 1 fully saturated rings. The first kappa shape index (κ1) is 13.1. The van der Waals surface area contributed by atoms with Crippen LogP contribution in [0.25, 0.3) is 0 Å². The molecule has 0 aliphatic carbocycles. The number of nitrogens with zero attached hydrogens (tertiary/aromatic N) is 2. The number of amides is 2. The smallest absolute Gasteiger partial charge is 0.253 e. The number of rotatable bonds is 3. The van der Waals surface area contributed by atoms with Crippen LogP contribution in [0.1, 0.15) is 29.6 Å². The molecule has 1 N–H and O–H groups in total. The molecule has 0 spiro atoms. The summed E-state index contributed by atoms with van der Waals surface area (Å²) in [7, 11) is 0. The summed E-state index contributed by atoms with van der Waals surface area (Å²) in [4.78, 5) is 25.1. The minimum Gasteiger partial charge on any atom is -0.339 e. The first-order valence-corrected chi connectivity index (χ1v) is 6.27. The third kappa shape index (κ3) is 3.32. The van der Waals surface area contributed by atoms with Gasteiger partial charge < -0.3 is 10.2 Å². The van der Waals surface area contributed by atoms with Gasteiger partial charge in [-0.1, -0.05) is 0 Å². The lowest BCUT2D eigenvalue weighted by molar-refractivity contribution is -0.115. The molecule has 0 unspecified atom stereocenters. The summed E-state index contributed by atoms with van der Waals surface area (Å²) in [5.41, 5.74) is 1.22. The number of carbonyl (C=O) groups excluding carboxylic acids is 2. The average molecular weight is 257 g/mol. The Labute approximate surface area is 111 Å². The van der Waals surface area contributed by atoms with Crippen LogP contribution in [0.15, 0.2) is 24.3 Å². The van der Waals surface area contributed by atoms with Crippen LogP contribution < -0.4 is 5.32 Å². The summed E-state index contributed by atoms with van der Waals surface area (Å²) in [5, 5.41) is 11.0. The molecule has 1 aromatic carbocycles. The van der Waals surface area contributed by atoms with E-state index in [1.807, 2.05) is 4.90 Å². The van der Waals surface area contributed by atoms with Gasteiger partial charge >= 0.3 is 0 Å². The van der Waals surface area contributed by atoms with Gasteiger partial charge in [-0.25, -0.2) is 0 Å². The lowest BCUT2D eigenvalue weighted by atomic mass is 10.2. The van der Waals surface area contributed by atoms with E-state index >= 15 is 0 Å². The van der Waals surface area contributed by atoms with Gasteiger partial charge in [0, 0.05) is 24.3 Å². The maximum absolute atomic E-state index is 12.1. The molecule has 1 aliphatic heterocycles. The third-order valence-corrected chi connectivity index (χ3v) is 3.05. The zero-order valence-corrected chi connectivity index (χ0v) is 10.6. The predicted octanol–water partition coefficient (Wildman–Crippen LogP) is 1.77. The van der Waals surface area contributed by atoms with Gasteiger partial charge in [0.2, 0.25) is 5.91 Å². The van der Waals surface area contributed by atoms with Crippen LogP contribution in [-0.2, 0) is 4.79 Å². The van der Waals surface area contributed by atoms with E-state index in [1.54, 1.807) is 30.3 Å². The Morgan fingerprint density at radius 2 is 1.84 bits per heavy atom. The van der Waals surface area contributed by atoms with Crippen LogP contribution in [0.5, 0.6) is 0 Å². The summed E-state index contributed by atoms with van der Waals surface area (Å²) in [6.45, 7) is 1.64. The summed E-state index contributed by atoms with van der Waals surface area (Å²) in [6, 6.07) is 8.53. The molecule has 1 saturated heterocycles. The van der Waals surface area contributed by atoms with Gasteiger partial charge in [-0.2, -0.15) is 5.26 Å². The predicted molar refractivity (Wildman–Crippen MR) is 70.4 cm³/mol. The van der Waals surface area contributed by atoms with E-state index in [-0.39, 0.29) is 18.2 Å². The standard InChI is InChI=1S/C14H15N3O2/c15-8-7-13(18)16-12-5-3-11(4-6-12)14(19)17-9-1-2-10-17/h3-6H,1-2,7,9-10H2,(H,16,18). The van der Waals surface area contributed by atoms with Crippen molar-refractivity contribution in [3.05, 3.63) is 29.8 Å². The van der Waals surface area contributed by atoms with Crippen molar-refractivity contribution in [2.75, 3.05) is 18.4 Å². The Kier molecular flexibility index (Phi) is 4.14. The van der Waals surface area contributed by atoms with Gasteiger partial charge in [-0.3, -0.25) is 9.59 Å². The highest BCUT2D eigenvalue weighted by Crippen LogP contribution is 2.15. The SMILES string of the molecule is N#CCC(=O)Nc1ccc(C(=O)N2CCCC2)cc1. The molecule has 1 heterocycles. The number of nitriles is 1. The highest BCUT2D eigenvalue weighted by Gasteiger charge is 2.19. The molecule has 0 aromatic heterocycles. The number of hydrogen-bond donors (Lipinski definition) is 1. The fraction of sp³-hybridized carbons (Fsp3) is 0.357. The second kappa shape index (κ2) is 6.01. The van der Waals surface area contributed by atoms with Crippen molar-refractivity contribution < 1.29 is 9.59 Å². The number of likely N-dealkylation sites (tertiary alicyclic amines) is 1. The van der Waals surface area contributed by atoms with Gasteiger partial charge in [0.1, 0.15) is 6.42 Å². The van der Waals surface area contributed by atoms with Crippen molar-refractivity contribution in [1.82, 2.24) is 4.90 Å². The maximum atomic E-state index is 12.1. The van der Waals surface area contributed by atoms with Gasteiger partial charge in [-0.05, 0) is 37.1 Å². The molecule has 19 heavy (non-hydrogen) atoms. The highest BCUT2D eigenvalue weighted by atomic mass is 16.2. The van der Waals surface area contributed by atoms with Crippen molar-refractivity contribution >= 4 is 17.5 Å². The molecule has 0 bridgehead atoms. The lowest BCUT2D eigenvalue weighted by Gasteiger charge is -2.15. The minimum atomic E-state index is -0.346. The van der Waals surface area contributed by atoms with Crippen molar-refractivity contribution in [2.24, 2.45) is 0 Å². The molecular weight excluding hydrogens is 242 g/mol. The first-order chi connectivity index (χ1) is 9.20. The molecule has 1 aliphatic rings. The number of hydrogen-bond acceptors (Lipinski definition) is 3. The molecule has 0 saturated carbocycles. The first-order valence-electron chi connectivity index (χ1n) is 6.27. The molecule has 5 heteroatoms. The summed E-state index contributed by atoms with van der Waals surface area (Å²) in [5.74, 6) is -0.312. The van der Waals surface area contributed by atoms with Gasteiger partial charge in [0.15, 0.2) is 0 Å². The summed E-state index contributed by atoms with van der Waals surface area (Å²) in [6.07, 6.45) is 1.95. The third-order valence-electron chi connectivity index (χ3n) is 3.05. The Bertz CT molecular complexity index is 510. The second-order valence-electron chi connectivity index (χ2n) is 4.46. The fourth-order valence-corrected chi connectivity index (χ4v) is 2.08. The second-order valence-corrected chi connectivity index (χ2v) is 4.46. The van der Waals surface area contributed by atoms with E-state index in [0.717, 1.165) is 25.9 Å². The zero-order valence-electron chi connectivity index (χ0n) is 10.6. The van der Waals surface area contributed by atoms with Crippen molar-refractivity contribution in [2.45, 2.75) is 19.3 Å². The number of carbonyl (C=O) groups is 2. The van der Waals surface area contributed by atoms with Gasteiger partial charge in [0.05, 0.1) is 6.07 Å². The van der Waals surface area contributed by atoms with E-state index < -0.39 is 0 Å². The van der Waals surface area contributed by atoms with Gasteiger partial charge in [-0.15, -0.1) is 0 Å². The molecule has 98 valence electrons.